The number of ether oxygens (including phenoxy) is 2. The van der Waals surface area contributed by atoms with Gasteiger partial charge in [-0.05, 0) is 42.3 Å². The molecule has 0 atom stereocenters. The van der Waals surface area contributed by atoms with Gasteiger partial charge in [0.25, 0.3) is 0 Å². The number of halogens is 6. The van der Waals surface area contributed by atoms with Gasteiger partial charge in [0.2, 0.25) is 0 Å². The van der Waals surface area contributed by atoms with Gasteiger partial charge in [0, 0.05) is 31.0 Å². The van der Waals surface area contributed by atoms with Crippen LogP contribution >= 0.6 is 0 Å². The van der Waals surface area contributed by atoms with Crippen LogP contribution in [0.4, 0.5) is 31.1 Å². The largest absolute Gasteiger partial charge is 0.493 e. The van der Waals surface area contributed by atoms with Crippen LogP contribution in [-0.2, 0) is 25.5 Å². The highest BCUT2D eigenvalue weighted by Crippen LogP contribution is 2.38. The molecule has 1 fully saturated rings. The number of amidine groups is 1. The Bertz CT molecular complexity index is 1420. The third-order valence-corrected chi connectivity index (χ3v) is 5.76. The van der Waals surface area contributed by atoms with Crippen LogP contribution in [0.15, 0.2) is 65.8 Å². The number of carbonyl (C=O) groups is 1. The van der Waals surface area contributed by atoms with Crippen molar-refractivity contribution in [2.24, 2.45) is 4.99 Å². The standard InChI is InChI=1S/C26H23F6N5O3/c1-39-22-12-16(11-20-23(36-24(38)35-20)34-7-2-9-37-10-8-33-15-37)3-6-21(22)40-14-17-4-5-18(25(27,28)29)13-19(17)26(30,31)32/h3-6,8,10-13,15H,2,7,9,14H2,1H3,(H2,34,35,36,38)/b20-11-. The number of hydrogen-bond acceptors (Lipinski definition) is 5. The van der Waals surface area contributed by atoms with Crippen molar-refractivity contribution < 1.29 is 40.6 Å². The van der Waals surface area contributed by atoms with Crippen LogP contribution in [0.3, 0.4) is 0 Å². The Labute approximate surface area is 224 Å². The number of carbonyl (C=O) groups excluding carboxylic acids is 1. The van der Waals surface area contributed by atoms with Crippen LogP contribution in [0.2, 0.25) is 0 Å². The number of imidazole rings is 1. The molecule has 0 bridgehead atoms. The van der Waals surface area contributed by atoms with Crippen molar-refractivity contribution >= 4 is 17.9 Å². The van der Waals surface area contributed by atoms with Crippen molar-refractivity contribution in [2.75, 3.05) is 13.7 Å². The van der Waals surface area contributed by atoms with Crippen molar-refractivity contribution in [3.63, 3.8) is 0 Å². The number of nitrogens with zero attached hydrogens (tertiary/aromatic N) is 3. The monoisotopic (exact) mass is 567 g/mol. The predicted molar refractivity (Wildman–Crippen MR) is 133 cm³/mol. The summed E-state index contributed by atoms with van der Waals surface area (Å²) in [7, 11) is 1.32. The van der Waals surface area contributed by atoms with E-state index in [1.807, 2.05) is 10.8 Å². The quantitative estimate of drug-likeness (QED) is 0.258. The Hall–Kier alpha value is -4.49. The minimum absolute atomic E-state index is 0.0615. The molecule has 2 N–H and O–H groups in total. The number of amides is 2. The summed E-state index contributed by atoms with van der Waals surface area (Å²) < 4.78 is 91.9. The minimum Gasteiger partial charge on any atom is -0.493 e. The van der Waals surface area contributed by atoms with E-state index in [9.17, 15) is 31.1 Å². The number of aromatic nitrogens is 2. The molecule has 8 nitrogen and oxygen atoms in total. The number of nitrogens with one attached hydrogen (secondary N) is 2. The first-order valence-corrected chi connectivity index (χ1v) is 11.8. The second-order valence-corrected chi connectivity index (χ2v) is 8.59. The summed E-state index contributed by atoms with van der Waals surface area (Å²) >= 11 is 0. The van der Waals surface area contributed by atoms with Crippen molar-refractivity contribution in [3.8, 4) is 11.5 Å². The first kappa shape index (κ1) is 28.5. The molecule has 40 heavy (non-hydrogen) atoms. The number of urea groups is 1. The number of benzene rings is 2. The van der Waals surface area contributed by atoms with Gasteiger partial charge in [0.15, 0.2) is 17.3 Å². The first-order valence-electron chi connectivity index (χ1n) is 11.8. The number of alkyl halides is 6. The van der Waals surface area contributed by atoms with Gasteiger partial charge in [0.1, 0.15) is 6.61 Å². The Morgan fingerprint density at radius 2 is 1.82 bits per heavy atom. The highest BCUT2D eigenvalue weighted by atomic mass is 19.4. The van der Waals surface area contributed by atoms with Gasteiger partial charge in [-0.15, -0.1) is 0 Å². The summed E-state index contributed by atoms with van der Waals surface area (Å²) in [6.07, 6.45) is -2.42. The van der Waals surface area contributed by atoms with Crippen LogP contribution in [-0.4, -0.2) is 35.1 Å². The minimum atomic E-state index is -5.02. The van der Waals surface area contributed by atoms with E-state index in [0.29, 0.717) is 42.7 Å². The molecule has 0 spiro atoms. The molecule has 14 heteroatoms. The highest BCUT2D eigenvalue weighted by Gasteiger charge is 2.38. The number of methoxy groups -OCH3 is 1. The maximum absolute atomic E-state index is 13.5. The Morgan fingerprint density at radius 1 is 1.02 bits per heavy atom. The summed E-state index contributed by atoms with van der Waals surface area (Å²) in [4.78, 5) is 20.3. The summed E-state index contributed by atoms with van der Waals surface area (Å²) in [5.41, 5.74) is -2.36. The SMILES string of the molecule is COc1cc(/C=C2\NC(=O)NC2=NCCCn2ccnc2)ccc1OCc1ccc(C(F)(F)F)cc1C(F)(F)F. The predicted octanol–water partition coefficient (Wildman–Crippen LogP) is 5.65. The summed E-state index contributed by atoms with van der Waals surface area (Å²) in [6.45, 7) is 0.485. The van der Waals surface area contributed by atoms with Crippen LogP contribution in [0.25, 0.3) is 6.08 Å². The maximum Gasteiger partial charge on any atom is 0.416 e. The smallest absolute Gasteiger partial charge is 0.416 e. The second kappa shape index (κ2) is 11.7. The third-order valence-electron chi connectivity index (χ3n) is 5.76. The van der Waals surface area contributed by atoms with Gasteiger partial charge in [-0.3, -0.25) is 10.3 Å². The zero-order chi connectivity index (χ0) is 28.9. The van der Waals surface area contributed by atoms with Crippen LogP contribution in [0, 0.1) is 0 Å². The number of rotatable bonds is 9. The van der Waals surface area contributed by atoms with Crippen LogP contribution in [0.5, 0.6) is 11.5 Å². The topological polar surface area (TPSA) is 89.8 Å². The number of aliphatic imine (C=N–C) groups is 1. The summed E-state index contributed by atoms with van der Waals surface area (Å²) in [6, 6.07) is 5.46. The average Bonchev–Trinajstić information content (AvgIpc) is 3.53. The molecule has 1 saturated heterocycles. The fourth-order valence-corrected chi connectivity index (χ4v) is 3.84. The lowest BCUT2D eigenvalue weighted by molar-refractivity contribution is -0.143. The zero-order valence-electron chi connectivity index (χ0n) is 20.9. The molecule has 0 aliphatic carbocycles. The Kier molecular flexibility index (Phi) is 8.35. The molecule has 3 aromatic rings. The van der Waals surface area contributed by atoms with Gasteiger partial charge in [-0.1, -0.05) is 12.1 Å². The average molecular weight is 567 g/mol. The van der Waals surface area contributed by atoms with Gasteiger partial charge < -0.3 is 19.4 Å². The Balaban J connectivity index is 1.48. The first-order chi connectivity index (χ1) is 18.9. The maximum atomic E-state index is 13.5. The molecule has 4 rings (SSSR count). The van der Waals surface area contributed by atoms with Gasteiger partial charge in [0.05, 0.1) is 30.3 Å². The molecular formula is C26H23F6N5O3. The van der Waals surface area contributed by atoms with Gasteiger partial charge >= 0.3 is 18.4 Å². The molecular weight excluding hydrogens is 544 g/mol. The van der Waals surface area contributed by atoms with Crippen molar-refractivity contribution in [3.05, 3.63) is 83.1 Å². The van der Waals surface area contributed by atoms with E-state index < -0.39 is 41.7 Å². The normalized spacial score (nSPS) is 15.8. The van der Waals surface area contributed by atoms with Crippen molar-refractivity contribution in [1.82, 2.24) is 20.2 Å². The van der Waals surface area contributed by atoms with E-state index in [-0.39, 0.29) is 17.6 Å². The molecule has 2 aromatic carbocycles. The van der Waals surface area contributed by atoms with Gasteiger partial charge in [-0.25, -0.2) is 9.78 Å². The van der Waals surface area contributed by atoms with E-state index >= 15 is 0 Å². The number of aryl methyl sites for hydroxylation is 1. The molecule has 2 amide bonds. The summed E-state index contributed by atoms with van der Waals surface area (Å²) in [5, 5.41) is 5.27. The van der Waals surface area contributed by atoms with E-state index in [0.717, 1.165) is 6.07 Å². The molecule has 0 saturated carbocycles. The van der Waals surface area contributed by atoms with E-state index in [2.05, 4.69) is 20.6 Å². The molecule has 2 heterocycles. The van der Waals surface area contributed by atoms with Gasteiger partial charge in [-0.2, -0.15) is 26.3 Å². The second-order valence-electron chi connectivity index (χ2n) is 8.59. The third kappa shape index (κ3) is 7.12. The lowest BCUT2D eigenvalue weighted by Gasteiger charge is -2.17. The lowest BCUT2D eigenvalue weighted by atomic mass is 10.0. The molecule has 0 radical (unpaired) electrons. The number of hydrogen-bond donors (Lipinski definition) is 2. The van der Waals surface area contributed by atoms with E-state index in [4.69, 9.17) is 9.47 Å². The molecule has 1 aliphatic rings. The molecule has 1 aromatic heterocycles. The highest BCUT2D eigenvalue weighted by molar-refractivity contribution is 6.16. The lowest BCUT2D eigenvalue weighted by Crippen LogP contribution is -2.22. The molecule has 1 aliphatic heterocycles. The van der Waals surface area contributed by atoms with E-state index in [1.165, 1.54) is 19.2 Å². The summed E-state index contributed by atoms with van der Waals surface area (Å²) in [5.74, 6) is 0.572. The zero-order valence-corrected chi connectivity index (χ0v) is 20.9. The van der Waals surface area contributed by atoms with Crippen LogP contribution < -0.4 is 20.1 Å². The van der Waals surface area contributed by atoms with E-state index in [1.54, 1.807) is 24.7 Å². The Morgan fingerprint density at radius 3 is 2.50 bits per heavy atom. The molecule has 0 unspecified atom stereocenters. The fraction of sp³-hybridized carbons (Fsp3) is 0.269. The van der Waals surface area contributed by atoms with Crippen molar-refractivity contribution in [1.29, 1.82) is 0 Å². The van der Waals surface area contributed by atoms with Crippen LogP contribution in [0.1, 0.15) is 28.7 Å². The fourth-order valence-electron chi connectivity index (χ4n) is 3.84. The molecule has 212 valence electrons. The van der Waals surface area contributed by atoms with Crippen molar-refractivity contribution in [2.45, 2.75) is 31.9 Å².